The van der Waals surface area contributed by atoms with Crippen LogP contribution in [0.25, 0.3) is 0 Å². The van der Waals surface area contributed by atoms with Gasteiger partial charge in [0.1, 0.15) is 5.82 Å². The molecule has 1 amide bonds. The highest BCUT2D eigenvalue weighted by Crippen LogP contribution is 2.23. The van der Waals surface area contributed by atoms with Crippen LogP contribution in [0.1, 0.15) is 10.4 Å². The quantitative estimate of drug-likeness (QED) is 0.733. The fraction of sp³-hybridized carbons (Fsp3) is 0.158. The first kappa shape index (κ1) is 18.8. The second kappa shape index (κ2) is 7.71. The standard InChI is InChI=1S/C19H16FNO5S/c20-15-8-6-14(7-9-15)19(23)26-12-18(22)21(16-4-2-1-3-5-16)17-10-11-27(24,25)13-17/h1-11,17H,12-13H2/t17-/m1/s1. The van der Waals surface area contributed by atoms with Gasteiger partial charge in [0.15, 0.2) is 16.4 Å². The maximum Gasteiger partial charge on any atom is 0.338 e. The van der Waals surface area contributed by atoms with E-state index >= 15 is 0 Å². The molecule has 0 N–H and O–H groups in total. The fourth-order valence-electron chi connectivity index (χ4n) is 2.70. The molecule has 1 aliphatic rings. The number of halogens is 1. The van der Waals surface area contributed by atoms with Crippen LogP contribution in [0.3, 0.4) is 0 Å². The van der Waals surface area contributed by atoms with E-state index in [0.717, 1.165) is 17.5 Å². The Hall–Kier alpha value is -3.00. The lowest BCUT2D eigenvalue weighted by molar-refractivity contribution is -0.121. The van der Waals surface area contributed by atoms with E-state index in [1.54, 1.807) is 30.3 Å². The number of amides is 1. The van der Waals surface area contributed by atoms with Gasteiger partial charge in [0, 0.05) is 11.1 Å². The van der Waals surface area contributed by atoms with Crippen molar-refractivity contribution in [3.8, 4) is 0 Å². The van der Waals surface area contributed by atoms with Crippen molar-refractivity contribution in [1.29, 1.82) is 0 Å². The highest BCUT2D eigenvalue weighted by atomic mass is 32.2. The molecule has 0 aromatic heterocycles. The number of carbonyl (C=O) groups is 2. The van der Waals surface area contributed by atoms with Gasteiger partial charge in [-0.15, -0.1) is 0 Å². The Labute approximate surface area is 155 Å². The highest BCUT2D eigenvalue weighted by molar-refractivity contribution is 7.94. The van der Waals surface area contributed by atoms with E-state index in [-0.39, 0.29) is 11.3 Å². The van der Waals surface area contributed by atoms with Crippen molar-refractivity contribution in [2.24, 2.45) is 0 Å². The molecular formula is C19H16FNO5S. The van der Waals surface area contributed by atoms with Gasteiger partial charge in [-0.05, 0) is 42.5 Å². The van der Waals surface area contributed by atoms with E-state index in [9.17, 15) is 22.4 Å². The van der Waals surface area contributed by atoms with Crippen LogP contribution in [0, 0.1) is 5.82 Å². The van der Waals surface area contributed by atoms with Crippen molar-refractivity contribution in [3.05, 3.63) is 77.5 Å². The number of hydrogen-bond acceptors (Lipinski definition) is 5. The fourth-order valence-corrected chi connectivity index (χ4v) is 3.96. The predicted octanol–water partition coefficient (Wildman–Crippen LogP) is 2.33. The minimum atomic E-state index is -3.38. The maximum atomic E-state index is 12.9. The molecule has 1 aliphatic heterocycles. The number of benzene rings is 2. The van der Waals surface area contributed by atoms with Crippen LogP contribution >= 0.6 is 0 Å². The summed E-state index contributed by atoms with van der Waals surface area (Å²) in [6, 6.07) is 12.6. The van der Waals surface area contributed by atoms with Gasteiger partial charge >= 0.3 is 5.97 Å². The van der Waals surface area contributed by atoms with Gasteiger partial charge in [0.25, 0.3) is 5.91 Å². The molecule has 8 heteroatoms. The van der Waals surface area contributed by atoms with E-state index in [1.165, 1.54) is 23.1 Å². The Bertz CT molecular complexity index is 971. The molecular weight excluding hydrogens is 373 g/mol. The first-order chi connectivity index (χ1) is 12.9. The molecule has 27 heavy (non-hydrogen) atoms. The summed E-state index contributed by atoms with van der Waals surface area (Å²) in [6.07, 6.45) is 1.43. The Kier molecular flexibility index (Phi) is 5.36. The molecule has 2 aromatic carbocycles. The zero-order valence-electron chi connectivity index (χ0n) is 14.1. The maximum absolute atomic E-state index is 12.9. The molecule has 0 aliphatic carbocycles. The minimum absolute atomic E-state index is 0.110. The summed E-state index contributed by atoms with van der Waals surface area (Å²) >= 11 is 0. The smallest absolute Gasteiger partial charge is 0.338 e. The number of sulfone groups is 1. The number of anilines is 1. The number of hydrogen-bond donors (Lipinski definition) is 0. The normalized spacial score (nSPS) is 17.4. The zero-order chi connectivity index (χ0) is 19.4. The predicted molar refractivity (Wildman–Crippen MR) is 97.3 cm³/mol. The average Bonchev–Trinajstić information content (AvgIpc) is 3.00. The van der Waals surface area contributed by atoms with Gasteiger partial charge in [-0.3, -0.25) is 4.79 Å². The molecule has 3 rings (SSSR count). The lowest BCUT2D eigenvalue weighted by atomic mass is 10.2. The van der Waals surface area contributed by atoms with Crippen LogP contribution < -0.4 is 4.90 Å². The zero-order valence-corrected chi connectivity index (χ0v) is 14.9. The Morgan fingerprint density at radius 3 is 2.33 bits per heavy atom. The average molecular weight is 389 g/mol. The second-order valence-electron chi connectivity index (χ2n) is 5.91. The first-order valence-electron chi connectivity index (χ1n) is 8.06. The van der Waals surface area contributed by atoms with Crippen molar-refractivity contribution in [2.75, 3.05) is 17.3 Å². The van der Waals surface area contributed by atoms with Crippen molar-refractivity contribution >= 4 is 27.4 Å². The van der Waals surface area contributed by atoms with Crippen LogP contribution in [0.2, 0.25) is 0 Å². The van der Waals surface area contributed by atoms with E-state index < -0.39 is 40.2 Å². The van der Waals surface area contributed by atoms with E-state index in [2.05, 4.69) is 0 Å². The molecule has 0 saturated heterocycles. The van der Waals surface area contributed by atoms with Gasteiger partial charge in [-0.2, -0.15) is 0 Å². The molecule has 0 spiro atoms. The van der Waals surface area contributed by atoms with Crippen LogP contribution in [-0.4, -0.2) is 38.7 Å². The number of ether oxygens (including phenoxy) is 1. The van der Waals surface area contributed by atoms with E-state index in [0.29, 0.717) is 5.69 Å². The summed E-state index contributed by atoms with van der Waals surface area (Å²) in [5, 5.41) is 1.07. The van der Waals surface area contributed by atoms with Crippen molar-refractivity contribution in [2.45, 2.75) is 6.04 Å². The lowest BCUT2D eigenvalue weighted by Gasteiger charge is -2.27. The van der Waals surface area contributed by atoms with Crippen LogP contribution in [0.15, 0.2) is 66.1 Å². The third kappa shape index (κ3) is 4.59. The summed E-state index contributed by atoms with van der Waals surface area (Å²) in [7, 11) is -3.38. The molecule has 6 nitrogen and oxygen atoms in total. The summed E-state index contributed by atoms with van der Waals surface area (Å²) in [5.41, 5.74) is 0.603. The SMILES string of the molecule is O=C(OCC(=O)N(c1ccccc1)[C@@H]1C=CS(=O)(=O)C1)c1ccc(F)cc1. The van der Waals surface area contributed by atoms with Crippen molar-refractivity contribution < 1.29 is 27.1 Å². The first-order valence-corrected chi connectivity index (χ1v) is 9.78. The summed E-state index contributed by atoms with van der Waals surface area (Å²) < 4.78 is 41.4. The van der Waals surface area contributed by atoms with Crippen molar-refractivity contribution in [3.63, 3.8) is 0 Å². The minimum Gasteiger partial charge on any atom is -0.452 e. The monoisotopic (exact) mass is 389 g/mol. The van der Waals surface area contributed by atoms with Gasteiger partial charge in [0.05, 0.1) is 17.4 Å². The number of para-hydroxylation sites is 1. The molecule has 0 bridgehead atoms. The molecule has 0 fully saturated rings. The highest BCUT2D eigenvalue weighted by Gasteiger charge is 2.31. The molecule has 140 valence electrons. The van der Waals surface area contributed by atoms with Crippen molar-refractivity contribution in [1.82, 2.24) is 0 Å². The van der Waals surface area contributed by atoms with Gasteiger partial charge in [-0.1, -0.05) is 18.2 Å². The molecule has 0 radical (unpaired) electrons. The summed E-state index contributed by atoms with van der Waals surface area (Å²) in [6.45, 7) is -0.574. The lowest BCUT2D eigenvalue weighted by Crippen LogP contribution is -2.43. The molecule has 0 saturated carbocycles. The van der Waals surface area contributed by atoms with Gasteiger partial charge in [-0.25, -0.2) is 17.6 Å². The van der Waals surface area contributed by atoms with Gasteiger partial charge in [0.2, 0.25) is 0 Å². The Balaban J connectivity index is 1.74. The number of esters is 1. The molecule has 1 heterocycles. The molecule has 0 unspecified atom stereocenters. The topological polar surface area (TPSA) is 80.8 Å². The van der Waals surface area contributed by atoms with E-state index in [4.69, 9.17) is 4.74 Å². The number of rotatable bonds is 5. The largest absolute Gasteiger partial charge is 0.452 e. The van der Waals surface area contributed by atoms with Crippen LogP contribution in [-0.2, 0) is 19.4 Å². The van der Waals surface area contributed by atoms with Crippen LogP contribution in [0.5, 0.6) is 0 Å². The van der Waals surface area contributed by atoms with E-state index in [1.807, 2.05) is 0 Å². The van der Waals surface area contributed by atoms with Crippen LogP contribution in [0.4, 0.5) is 10.1 Å². The number of nitrogens with zero attached hydrogens (tertiary/aromatic N) is 1. The number of carbonyl (C=O) groups excluding carboxylic acids is 2. The Morgan fingerprint density at radius 1 is 1.07 bits per heavy atom. The third-order valence-electron chi connectivity index (χ3n) is 3.95. The third-order valence-corrected chi connectivity index (χ3v) is 5.33. The summed E-state index contributed by atoms with van der Waals surface area (Å²) in [4.78, 5) is 26.0. The summed E-state index contributed by atoms with van der Waals surface area (Å²) in [5.74, 6) is -2.07. The Morgan fingerprint density at radius 2 is 1.74 bits per heavy atom. The molecule has 1 atom stereocenters. The van der Waals surface area contributed by atoms with Gasteiger partial charge < -0.3 is 9.64 Å². The second-order valence-corrected chi connectivity index (χ2v) is 7.84. The molecule has 2 aromatic rings.